The predicted molar refractivity (Wildman–Crippen MR) is 28.1 cm³/mol. The van der Waals surface area contributed by atoms with Gasteiger partial charge in [-0.3, -0.25) is 4.57 Å². The number of aliphatic hydroxyl groups is 1. The molecule has 0 aliphatic rings. The molecule has 0 saturated carbocycles. The van der Waals surface area contributed by atoms with Crippen LogP contribution in [0.25, 0.3) is 0 Å². The van der Waals surface area contributed by atoms with Crippen LogP contribution in [0.15, 0.2) is 12.3 Å². The fraction of sp³-hybridized carbons (Fsp3) is 0.333. The number of rotatable bonds is 3. The van der Waals surface area contributed by atoms with Crippen molar-refractivity contribution in [2.24, 2.45) is 0 Å². The van der Waals surface area contributed by atoms with Gasteiger partial charge in [-0.2, -0.15) is 0 Å². The molecule has 0 aromatic rings. The van der Waals surface area contributed by atoms with Crippen LogP contribution < -0.4 is 0 Å². The molecule has 0 saturated heterocycles. The van der Waals surface area contributed by atoms with Crippen molar-refractivity contribution in [2.45, 2.75) is 0 Å². The summed E-state index contributed by atoms with van der Waals surface area (Å²) < 4.78 is 13.9. The van der Waals surface area contributed by atoms with E-state index in [9.17, 15) is 4.57 Å². The zero-order valence-electron chi connectivity index (χ0n) is 3.70. The van der Waals surface area contributed by atoms with Gasteiger partial charge in [-0.1, -0.05) is 0 Å². The largest absolute Gasteiger partial charge is 0.516 e. The molecule has 42 valence electrons. The van der Waals surface area contributed by atoms with Crippen LogP contribution in [-0.4, -0.2) is 11.7 Å². The first-order chi connectivity index (χ1) is 3.41. The van der Waals surface area contributed by atoms with Crippen LogP contribution in [0, 0.1) is 0 Å². The Morgan fingerprint density at radius 1 is 1.86 bits per heavy atom. The van der Waals surface area contributed by atoms with Crippen LogP contribution in [0.4, 0.5) is 0 Å². The summed E-state index contributed by atoms with van der Waals surface area (Å²) in [5.41, 5.74) is 0. The Kier molecular flexibility index (Phi) is 5.51. The van der Waals surface area contributed by atoms with Crippen molar-refractivity contribution in [3.05, 3.63) is 12.3 Å². The minimum absolute atomic E-state index is 0.231. The molecule has 0 spiro atoms. The van der Waals surface area contributed by atoms with Gasteiger partial charge in [0.1, 0.15) is 0 Å². The van der Waals surface area contributed by atoms with Crippen molar-refractivity contribution < 1.29 is 14.2 Å². The highest BCUT2D eigenvalue weighted by atomic mass is 31.1. The standard InChI is InChI=1S/C3H7O3P/c4-2-1-3-6-7-5/h1-2,4H,3,7H2. The summed E-state index contributed by atoms with van der Waals surface area (Å²) in [4.78, 5) is 0. The Morgan fingerprint density at radius 3 is 3.00 bits per heavy atom. The van der Waals surface area contributed by atoms with Crippen LogP contribution in [0.5, 0.6) is 0 Å². The highest BCUT2D eigenvalue weighted by Crippen LogP contribution is 1.91. The van der Waals surface area contributed by atoms with Gasteiger partial charge in [-0.05, 0) is 6.08 Å². The molecule has 0 amide bonds. The molecule has 0 aliphatic heterocycles. The zero-order chi connectivity index (χ0) is 5.54. The lowest BCUT2D eigenvalue weighted by Gasteiger charge is -1.81. The third kappa shape index (κ3) is 5.73. The van der Waals surface area contributed by atoms with E-state index in [4.69, 9.17) is 5.11 Å². The number of aliphatic hydroxyl groups excluding tert-OH is 1. The molecule has 0 aromatic carbocycles. The van der Waals surface area contributed by atoms with Gasteiger partial charge in [0.15, 0.2) is 8.69 Å². The van der Waals surface area contributed by atoms with E-state index in [2.05, 4.69) is 4.52 Å². The van der Waals surface area contributed by atoms with Crippen molar-refractivity contribution in [1.82, 2.24) is 0 Å². The quantitative estimate of drug-likeness (QED) is 0.341. The molecule has 3 nitrogen and oxygen atoms in total. The minimum atomic E-state index is -1.13. The summed E-state index contributed by atoms with van der Waals surface area (Å²) in [5.74, 6) is 0. The summed E-state index contributed by atoms with van der Waals surface area (Å²) in [6, 6.07) is 0. The first kappa shape index (κ1) is 6.73. The summed E-state index contributed by atoms with van der Waals surface area (Å²) in [7, 11) is -1.13. The van der Waals surface area contributed by atoms with Gasteiger partial charge in [-0.25, -0.2) is 0 Å². The van der Waals surface area contributed by atoms with E-state index in [-0.39, 0.29) is 6.61 Å². The predicted octanol–water partition coefficient (Wildman–Crippen LogP) is 0.746. The second-order valence-corrected chi connectivity index (χ2v) is 1.34. The summed E-state index contributed by atoms with van der Waals surface area (Å²) in [6.07, 6.45) is 2.22. The Bertz CT molecular complexity index is 70.6. The SMILES string of the molecule is O=[PH2]OCC=CO. The van der Waals surface area contributed by atoms with E-state index in [1.165, 1.54) is 6.08 Å². The van der Waals surface area contributed by atoms with Gasteiger partial charge in [0.2, 0.25) is 0 Å². The van der Waals surface area contributed by atoms with E-state index in [1.54, 1.807) is 0 Å². The van der Waals surface area contributed by atoms with Gasteiger partial charge in [0.25, 0.3) is 0 Å². The van der Waals surface area contributed by atoms with Crippen molar-refractivity contribution in [2.75, 3.05) is 6.61 Å². The van der Waals surface area contributed by atoms with E-state index in [1.807, 2.05) is 0 Å². The van der Waals surface area contributed by atoms with Crippen molar-refractivity contribution in [3.8, 4) is 0 Å². The Morgan fingerprint density at radius 2 is 2.57 bits per heavy atom. The van der Waals surface area contributed by atoms with Gasteiger partial charge >= 0.3 is 0 Å². The molecule has 0 rings (SSSR count). The van der Waals surface area contributed by atoms with Crippen LogP contribution in [0.1, 0.15) is 0 Å². The molecule has 1 unspecified atom stereocenters. The van der Waals surface area contributed by atoms with Crippen LogP contribution >= 0.6 is 8.69 Å². The van der Waals surface area contributed by atoms with Gasteiger partial charge < -0.3 is 9.63 Å². The first-order valence-corrected chi connectivity index (χ1v) is 2.70. The lowest BCUT2D eigenvalue weighted by Crippen LogP contribution is -1.72. The van der Waals surface area contributed by atoms with E-state index in [0.29, 0.717) is 0 Å². The molecular weight excluding hydrogens is 115 g/mol. The Balaban J connectivity index is 2.82. The van der Waals surface area contributed by atoms with Crippen LogP contribution in [0.3, 0.4) is 0 Å². The molecule has 1 N–H and O–H groups in total. The summed E-state index contributed by atoms with van der Waals surface area (Å²) >= 11 is 0. The number of hydrogen-bond acceptors (Lipinski definition) is 3. The van der Waals surface area contributed by atoms with Gasteiger partial charge in [0.05, 0.1) is 12.9 Å². The highest BCUT2D eigenvalue weighted by molar-refractivity contribution is 7.17. The molecule has 0 aliphatic carbocycles. The molecule has 4 heteroatoms. The molecule has 0 bridgehead atoms. The zero-order valence-corrected chi connectivity index (χ0v) is 4.86. The highest BCUT2D eigenvalue weighted by Gasteiger charge is 1.69. The average Bonchev–Trinajstić information content (AvgIpc) is 1.69. The van der Waals surface area contributed by atoms with Crippen molar-refractivity contribution in [1.29, 1.82) is 0 Å². The maximum absolute atomic E-state index is 9.55. The maximum Gasteiger partial charge on any atom is 0.180 e. The van der Waals surface area contributed by atoms with Crippen LogP contribution in [0.2, 0.25) is 0 Å². The molecule has 0 heterocycles. The monoisotopic (exact) mass is 122 g/mol. The lowest BCUT2D eigenvalue weighted by atomic mass is 10.7. The van der Waals surface area contributed by atoms with Crippen LogP contribution in [-0.2, 0) is 9.09 Å². The minimum Gasteiger partial charge on any atom is -0.516 e. The maximum atomic E-state index is 9.55. The topological polar surface area (TPSA) is 46.5 Å². The van der Waals surface area contributed by atoms with Gasteiger partial charge in [-0.15, -0.1) is 0 Å². The number of hydrogen-bond donors (Lipinski definition) is 1. The van der Waals surface area contributed by atoms with Crippen molar-refractivity contribution in [3.63, 3.8) is 0 Å². The smallest absolute Gasteiger partial charge is 0.180 e. The third-order valence-electron chi connectivity index (χ3n) is 0.366. The van der Waals surface area contributed by atoms with Gasteiger partial charge in [0, 0.05) is 0 Å². The fourth-order valence-corrected chi connectivity index (χ4v) is 0.328. The Labute approximate surface area is 42.9 Å². The summed E-state index contributed by atoms with van der Waals surface area (Å²) in [6.45, 7) is 0.231. The second-order valence-electron chi connectivity index (χ2n) is 0.814. The molecule has 0 fully saturated rings. The second kappa shape index (κ2) is 5.73. The molecule has 7 heavy (non-hydrogen) atoms. The van der Waals surface area contributed by atoms with E-state index >= 15 is 0 Å². The molecular formula is C3H7O3P. The normalized spacial score (nSPS) is 12.0. The van der Waals surface area contributed by atoms with E-state index in [0.717, 1.165) is 6.26 Å². The molecule has 1 atom stereocenters. The third-order valence-corrected chi connectivity index (χ3v) is 0.694. The van der Waals surface area contributed by atoms with Crippen molar-refractivity contribution >= 4 is 8.69 Å². The van der Waals surface area contributed by atoms with E-state index < -0.39 is 8.69 Å². The average molecular weight is 122 g/mol. The first-order valence-electron chi connectivity index (χ1n) is 1.76. The summed E-state index contributed by atoms with van der Waals surface area (Å²) in [5, 5.41) is 7.94. The Hall–Kier alpha value is -0.270. The lowest BCUT2D eigenvalue weighted by molar-refractivity contribution is 0.379. The fourth-order valence-electron chi connectivity index (χ4n) is 0.138. The molecule has 0 aromatic heterocycles. The molecule has 0 radical (unpaired) electrons.